The first-order valence-corrected chi connectivity index (χ1v) is 9.53. The number of carbonyl (C=O) groups is 1. The summed E-state index contributed by atoms with van der Waals surface area (Å²) in [5, 5.41) is 3.28. The SMILES string of the molecule is C=N/C(=C\C=C(/C)C(CNC(=O)c1c(Cl)cccc1Cl)CC1CC1)C(F)(F)F. The van der Waals surface area contributed by atoms with Crippen LogP contribution in [-0.2, 0) is 0 Å². The number of benzene rings is 1. The van der Waals surface area contributed by atoms with Gasteiger partial charge in [-0.3, -0.25) is 9.79 Å². The second kappa shape index (κ2) is 9.61. The molecule has 0 spiro atoms. The van der Waals surface area contributed by atoms with Crippen LogP contribution in [0.1, 0.15) is 36.5 Å². The van der Waals surface area contributed by atoms with Crippen LogP contribution in [0.2, 0.25) is 10.0 Å². The van der Waals surface area contributed by atoms with E-state index in [1.165, 1.54) is 6.08 Å². The zero-order chi connectivity index (χ0) is 20.9. The monoisotopic (exact) mass is 432 g/mol. The van der Waals surface area contributed by atoms with Crippen LogP contribution in [0, 0.1) is 11.8 Å². The van der Waals surface area contributed by atoms with E-state index in [0.29, 0.717) is 5.92 Å². The van der Waals surface area contributed by atoms with E-state index in [4.69, 9.17) is 23.2 Å². The Kier molecular flexibility index (Phi) is 7.72. The highest BCUT2D eigenvalue weighted by Gasteiger charge is 2.33. The summed E-state index contributed by atoms with van der Waals surface area (Å²) < 4.78 is 38.4. The van der Waals surface area contributed by atoms with E-state index in [2.05, 4.69) is 17.0 Å². The minimum atomic E-state index is -4.56. The smallest absolute Gasteiger partial charge is 0.351 e. The van der Waals surface area contributed by atoms with Crippen LogP contribution in [0.5, 0.6) is 0 Å². The molecule has 1 aromatic rings. The van der Waals surface area contributed by atoms with Crippen LogP contribution in [0.25, 0.3) is 0 Å². The van der Waals surface area contributed by atoms with Crippen LogP contribution in [-0.4, -0.2) is 25.3 Å². The number of aliphatic imine (C=N–C) groups is 1. The van der Waals surface area contributed by atoms with Gasteiger partial charge in [0.05, 0.1) is 15.6 Å². The molecule has 1 aliphatic carbocycles. The maximum atomic E-state index is 12.8. The molecule has 3 nitrogen and oxygen atoms in total. The van der Waals surface area contributed by atoms with Gasteiger partial charge in [0, 0.05) is 6.54 Å². The molecule has 8 heteroatoms. The summed E-state index contributed by atoms with van der Waals surface area (Å²) >= 11 is 12.1. The summed E-state index contributed by atoms with van der Waals surface area (Å²) in [4.78, 5) is 15.5. The van der Waals surface area contributed by atoms with E-state index in [1.54, 1.807) is 25.1 Å². The third kappa shape index (κ3) is 6.38. The van der Waals surface area contributed by atoms with Gasteiger partial charge in [0.2, 0.25) is 0 Å². The zero-order valence-electron chi connectivity index (χ0n) is 15.3. The van der Waals surface area contributed by atoms with E-state index in [9.17, 15) is 18.0 Å². The number of hydrogen-bond acceptors (Lipinski definition) is 2. The van der Waals surface area contributed by atoms with Gasteiger partial charge in [-0.2, -0.15) is 13.2 Å². The van der Waals surface area contributed by atoms with Gasteiger partial charge < -0.3 is 5.32 Å². The molecular formula is C20H21Cl2F3N2O. The van der Waals surface area contributed by atoms with Gasteiger partial charge in [0.25, 0.3) is 5.91 Å². The predicted octanol–water partition coefficient (Wildman–Crippen LogP) is 6.23. The molecule has 1 unspecified atom stereocenters. The topological polar surface area (TPSA) is 41.5 Å². The van der Waals surface area contributed by atoms with Crippen LogP contribution in [0.3, 0.4) is 0 Å². The molecule has 0 bridgehead atoms. The van der Waals surface area contributed by atoms with Gasteiger partial charge in [-0.05, 0) is 50.1 Å². The van der Waals surface area contributed by atoms with Crippen molar-refractivity contribution < 1.29 is 18.0 Å². The van der Waals surface area contributed by atoms with Gasteiger partial charge in [0.15, 0.2) is 0 Å². The first-order chi connectivity index (χ1) is 13.1. The molecule has 28 heavy (non-hydrogen) atoms. The molecule has 0 radical (unpaired) electrons. The quantitative estimate of drug-likeness (QED) is 0.383. The van der Waals surface area contributed by atoms with Crippen LogP contribution in [0.4, 0.5) is 13.2 Å². The molecule has 1 aliphatic rings. The number of nitrogens with zero attached hydrogens (tertiary/aromatic N) is 1. The van der Waals surface area contributed by atoms with Crippen LogP contribution in [0.15, 0.2) is 46.6 Å². The van der Waals surface area contributed by atoms with Crippen molar-refractivity contribution in [1.82, 2.24) is 5.32 Å². The number of alkyl halides is 3. The van der Waals surface area contributed by atoms with Crippen molar-refractivity contribution in [2.75, 3.05) is 6.54 Å². The van der Waals surface area contributed by atoms with E-state index < -0.39 is 17.8 Å². The van der Waals surface area contributed by atoms with Gasteiger partial charge in [0.1, 0.15) is 5.70 Å². The maximum absolute atomic E-state index is 12.8. The number of allylic oxidation sites excluding steroid dienone is 3. The summed E-state index contributed by atoms with van der Waals surface area (Å²) in [7, 11) is 0. The lowest BCUT2D eigenvalue weighted by Gasteiger charge is -2.19. The molecule has 0 aromatic heterocycles. The highest BCUT2D eigenvalue weighted by molar-refractivity contribution is 6.39. The average Bonchev–Trinajstić information content (AvgIpc) is 3.41. The van der Waals surface area contributed by atoms with Gasteiger partial charge in [-0.15, -0.1) is 0 Å². The number of carbonyl (C=O) groups excluding carboxylic acids is 1. The second-order valence-corrected chi connectivity index (χ2v) is 7.62. The van der Waals surface area contributed by atoms with E-state index >= 15 is 0 Å². The third-order valence-electron chi connectivity index (χ3n) is 4.62. The fraction of sp³-hybridized carbons (Fsp3) is 0.400. The van der Waals surface area contributed by atoms with Crippen molar-refractivity contribution in [2.45, 2.75) is 32.4 Å². The largest absolute Gasteiger partial charge is 0.433 e. The summed E-state index contributed by atoms with van der Waals surface area (Å²) in [6, 6.07) is 4.78. The van der Waals surface area contributed by atoms with Crippen molar-refractivity contribution >= 4 is 35.8 Å². The van der Waals surface area contributed by atoms with E-state index in [0.717, 1.165) is 30.9 Å². The Hall–Kier alpha value is -1.79. The van der Waals surface area contributed by atoms with Crippen molar-refractivity contribution in [3.63, 3.8) is 0 Å². The molecule has 152 valence electrons. The Bertz CT molecular complexity index is 779. The lowest BCUT2D eigenvalue weighted by Crippen LogP contribution is -2.30. The summed E-state index contributed by atoms with van der Waals surface area (Å²) in [6.07, 6.45) is 0.709. The first kappa shape index (κ1) is 22.5. The van der Waals surface area contributed by atoms with Gasteiger partial charge in [-0.1, -0.05) is 53.8 Å². The first-order valence-electron chi connectivity index (χ1n) is 8.78. The summed E-state index contributed by atoms with van der Waals surface area (Å²) in [6.45, 7) is 4.99. The molecule has 1 aromatic carbocycles. The Morgan fingerprint density at radius 2 is 1.93 bits per heavy atom. The van der Waals surface area contributed by atoms with Crippen LogP contribution >= 0.6 is 23.2 Å². The molecule has 1 fully saturated rings. The molecule has 0 saturated heterocycles. The molecule has 0 heterocycles. The molecular weight excluding hydrogens is 412 g/mol. The zero-order valence-corrected chi connectivity index (χ0v) is 16.8. The van der Waals surface area contributed by atoms with Crippen molar-refractivity contribution in [1.29, 1.82) is 0 Å². The van der Waals surface area contributed by atoms with Crippen molar-refractivity contribution in [2.24, 2.45) is 16.8 Å². The standard InChI is InChI=1S/C20H21Cl2F3N2O/c1-12(6-9-17(26-2)20(23,24)25)14(10-13-7-8-13)11-27-19(28)18-15(21)4-3-5-16(18)22/h3-6,9,13-14H,2,7-8,10-11H2,1H3,(H,27,28)/b12-6+,17-9-. The Morgan fingerprint density at radius 3 is 2.43 bits per heavy atom. The molecule has 1 saturated carbocycles. The highest BCUT2D eigenvalue weighted by atomic mass is 35.5. The minimum Gasteiger partial charge on any atom is -0.351 e. The average molecular weight is 433 g/mol. The number of hydrogen-bond donors (Lipinski definition) is 1. The van der Waals surface area contributed by atoms with Crippen molar-refractivity contribution in [3.05, 3.63) is 57.2 Å². The van der Waals surface area contributed by atoms with Gasteiger partial charge >= 0.3 is 6.18 Å². The number of amides is 1. The fourth-order valence-corrected chi connectivity index (χ4v) is 3.36. The number of nitrogens with one attached hydrogen (secondary N) is 1. The third-order valence-corrected chi connectivity index (χ3v) is 5.25. The predicted molar refractivity (Wildman–Crippen MR) is 107 cm³/mol. The Balaban J connectivity index is 2.13. The minimum absolute atomic E-state index is 0.103. The Morgan fingerprint density at radius 1 is 1.32 bits per heavy atom. The lowest BCUT2D eigenvalue weighted by molar-refractivity contribution is -0.0922. The van der Waals surface area contributed by atoms with Crippen molar-refractivity contribution in [3.8, 4) is 0 Å². The van der Waals surface area contributed by atoms with Gasteiger partial charge in [-0.25, -0.2) is 0 Å². The molecule has 1 atom stereocenters. The molecule has 2 rings (SSSR count). The van der Waals surface area contributed by atoms with E-state index in [1.807, 2.05) is 0 Å². The molecule has 1 N–H and O–H groups in total. The lowest BCUT2D eigenvalue weighted by atomic mass is 9.93. The molecule has 0 aliphatic heterocycles. The number of halogens is 5. The summed E-state index contributed by atoms with van der Waals surface area (Å²) in [5.41, 5.74) is -0.139. The second-order valence-electron chi connectivity index (χ2n) is 6.80. The molecule has 1 amide bonds. The summed E-state index contributed by atoms with van der Waals surface area (Å²) in [5.74, 6) is 0.00879. The Labute approximate surface area is 172 Å². The maximum Gasteiger partial charge on any atom is 0.433 e. The van der Waals surface area contributed by atoms with Crippen LogP contribution < -0.4 is 5.32 Å². The van der Waals surface area contributed by atoms with E-state index in [-0.39, 0.29) is 28.1 Å². The number of rotatable bonds is 8. The highest BCUT2D eigenvalue weighted by Crippen LogP contribution is 2.37. The fourth-order valence-electron chi connectivity index (χ4n) is 2.79. The normalized spacial score (nSPS) is 16.6.